The zero-order chi connectivity index (χ0) is 8.39. The number of thiazole rings is 1. The second kappa shape index (κ2) is 3.11. The molecule has 0 aliphatic heterocycles. The molecule has 0 radical (unpaired) electrons. The average molecular weight is 180 g/mol. The minimum absolute atomic E-state index is 0. The summed E-state index contributed by atoms with van der Waals surface area (Å²) in [6.45, 7) is 3.01. The Bertz CT molecular complexity index is 353. The summed E-state index contributed by atoms with van der Waals surface area (Å²) in [7, 11) is 0. The average Bonchev–Trinajstić information content (AvgIpc) is 2.47. The molecule has 1 aromatic heterocycles. The van der Waals surface area contributed by atoms with Crippen molar-refractivity contribution in [2.45, 2.75) is 6.92 Å². The molecule has 1 heterocycles. The predicted molar refractivity (Wildman–Crippen MR) is 55.9 cm³/mol. The number of para-hydroxylation sites is 1. The molecule has 0 fully saturated rings. The van der Waals surface area contributed by atoms with Crippen molar-refractivity contribution in [2.75, 3.05) is 11.9 Å². The largest absolute Gasteiger partial charge is 0.362 e. The van der Waals surface area contributed by atoms with Crippen LogP contribution >= 0.6 is 11.3 Å². The van der Waals surface area contributed by atoms with E-state index in [1.807, 2.05) is 18.2 Å². The van der Waals surface area contributed by atoms with Crippen molar-refractivity contribution >= 4 is 26.7 Å². The predicted octanol–water partition coefficient (Wildman–Crippen LogP) is 2.97. The summed E-state index contributed by atoms with van der Waals surface area (Å²) in [5.74, 6) is 0. The van der Waals surface area contributed by atoms with Gasteiger partial charge in [-0.15, -0.1) is 0 Å². The molecule has 1 aromatic carbocycles. The maximum absolute atomic E-state index is 4.41. The third-order valence-electron chi connectivity index (χ3n) is 1.62. The number of fused-ring (bicyclic) bond motifs is 1. The van der Waals surface area contributed by atoms with Crippen LogP contribution < -0.4 is 5.32 Å². The van der Waals surface area contributed by atoms with Gasteiger partial charge in [0.1, 0.15) is 0 Å². The van der Waals surface area contributed by atoms with Crippen molar-refractivity contribution < 1.29 is 1.43 Å². The summed E-state index contributed by atoms with van der Waals surface area (Å²) in [6, 6.07) is 8.18. The van der Waals surface area contributed by atoms with Crippen LogP contribution in [-0.2, 0) is 0 Å². The molecule has 2 rings (SSSR count). The van der Waals surface area contributed by atoms with Crippen LogP contribution in [0.5, 0.6) is 0 Å². The third-order valence-corrected chi connectivity index (χ3v) is 2.62. The molecule has 0 atom stereocenters. The van der Waals surface area contributed by atoms with Crippen LogP contribution in [0, 0.1) is 0 Å². The lowest BCUT2D eigenvalue weighted by molar-refractivity contribution is 1.20. The van der Waals surface area contributed by atoms with Gasteiger partial charge >= 0.3 is 0 Å². The summed E-state index contributed by atoms with van der Waals surface area (Å²) in [6.07, 6.45) is 0. The molecule has 0 spiro atoms. The van der Waals surface area contributed by atoms with Crippen LogP contribution in [0.1, 0.15) is 8.35 Å². The fraction of sp³-hybridized carbons (Fsp3) is 0.222. The van der Waals surface area contributed by atoms with Gasteiger partial charge in [0.15, 0.2) is 5.13 Å². The second-order valence-corrected chi connectivity index (χ2v) is 3.55. The number of nitrogens with one attached hydrogen (secondary N) is 1. The van der Waals surface area contributed by atoms with Crippen LogP contribution in [0.4, 0.5) is 5.13 Å². The number of aromatic nitrogens is 1. The number of rotatable bonds is 2. The summed E-state index contributed by atoms with van der Waals surface area (Å²) >= 11 is 1.70. The van der Waals surface area contributed by atoms with E-state index in [0.717, 1.165) is 17.2 Å². The van der Waals surface area contributed by atoms with E-state index in [1.54, 1.807) is 11.3 Å². The first kappa shape index (κ1) is 7.55. The van der Waals surface area contributed by atoms with E-state index in [2.05, 4.69) is 23.3 Å². The Hall–Kier alpha value is -1.09. The Kier molecular flexibility index (Phi) is 1.96. The highest BCUT2D eigenvalue weighted by molar-refractivity contribution is 7.22. The van der Waals surface area contributed by atoms with E-state index in [1.165, 1.54) is 4.70 Å². The number of hydrogen-bond acceptors (Lipinski definition) is 3. The molecule has 0 bridgehead atoms. The van der Waals surface area contributed by atoms with Gasteiger partial charge in [-0.3, -0.25) is 0 Å². The van der Waals surface area contributed by atoms with Crippen molar-refractivity contribution in [3.8, 4) is 0 Å². The molecule has 64 valence electrons. The van der Waals surface area contributed by atoms with Crippen LogP contribution in [0.3, 0.4) is 0 Å². The molecule has 2 nitrogen and oxygen atoms in total. The van der Waals surface area contributed by atoms with Gasteiger partial charge in [0.2, 0.25) is 0 Å². The van der Waals surface area contributed by atoms with E-state index in [0.29, 0.717) is 0 Å². The normalized spacial score (nSPS) is 10.4. The zero-order valence-electron chi connectivity index (χ0n) is 6.87. The lowest BCUT2D eigenvalue weighted by Gasteiger charge is -1.91. The smallest absolute Gasteiger partial charge is 0.183 e. The van der Waals surface area contributed by atoms with E-state index < -0.39 is 0 Å². The van der Waals surface area contributed by atoms with Crippen LogP contribution in [0.15, 0.2) is 24.3 Å². The monoisotopic (exact) mass is 180 g/mol. The SMILES string of the molecule is CCNc1nc2ccccc2s1.[HH]. The lowest BCUT2D eigenvalue weighted by atomic mass is 10.3. The van der Waals surface area contributed by atoms with Gasteiger partial charge in [-0.05, 0) is 19.1 Å². The van der Waals surface area contributed by atoms with Crippen molar-refractivity contribution in [1.29, 1.82) is 0 Å². The molecular formula is C9H12N2S. The molecule has 0 aliphatic carbocycles. The quantitative estimate of drug-likeness (QED) is 0.768. The Balaban J connectivity index is 0.000000845. The summed E-state index contributed by atoms with van der Waals surface area (Å²) in [5.41, 5.74) is 1.08. The third kappa shape index (κ3) is 1.28. The summed E-state index contributed by atoms with van der Waals surface area (Å²) in [4.78, 5) is 4.41. The summed E-state index contributed by atoms with van der Waals surface area (Å²) in [5, 5.41) is 4.22. The Morgan fingerprint density at radius 3 is 3.08 bits per heavy atom. The topological polar surface area (TPSA) is 24.9 Å². The minimum atomic E-state index is 0. The van der Waals surface area contributed by atoms with Gasteiger partial charge in [0.25, 0.3) is 0 Å². The van der Waals surface area contributed by atoms with E-state index in [4.69, 9.17) is 0 Å². The van der Waals surface area contributed by atoms with Crippen molar-refractivity contribution in [2.24, 2.45) is 0 Å². The molecule has 0 amide bonds. The highest BCUT2D eigenvalue weighted by Crippen LogP contribution is 2.24. The van der Waals surface area contributed by atoms with Crippen molar-refractivity contribution in [3.05, 3.63) is 24.3 Å². The maximum atomic E-state index is 4.41. The Labute approximate surface area is 76.7 Å². The minimum Gasteiger partial charge on any atom is -0.362 e. The molecular weight excluding hydrogens is 168 g/mol. The van der Waals surface area contributed by atoms with Gasteiger partial charge in [0.05, 0.1) is 10.2 Å². The van der Waals surface area contributed by atoms with Gasteiger partial charge in [-0.1, -0.05) is 23.5 Å². The molecule has 2 aromatic rings. The van der Waals surface area contributed by atoms with E-state index in [9.17, 15) is 0 Å². The van der Waals surface area contributed by atoms with Crippen molar-refractivity contribution in [1.82, 2.24) is 4.98 Å². The van der Waals surface area contributed by atoms with E-state index in [-0.39, 0.29) is 1.43 Å². The maximum Gasteiger partial charge on any atom is 0.183 e. The molecule has 0 aliphatic rings. The van der Waals surface area contributed by atoms with Gasteiger partial charge in [-0.2, -0.15) is 0 Å². The van der Waals surface area contributed by atoms with Gasteiger partial charge < -0.3 is 5.32 Å². The molecule has 12 heavy (non-hydrogen) atoms. The Morgan fingerprint density at radius 2 is 2.33 bits per heavy atom. The molecule has 1 N–H and O–H groups in total. The van der Waals surface area contributed by atoms with Crippen LogP contribution in [0.2, 0.25) is 0 Å². The standard InChI is InChI=1S/C9H10N2S.H2/c1-2-10-9-11-7-5-3-4-6-8(7)12-9;/h3-6H,2H2,1H3,(H,10,11);1H. The molecule has 3 heteroatoms. The number of benzene rings is 1. The first-order valence-electron chi connectivity index (χ1n) is 3.99. The van der Waals surface area contributed by atoms with Crippen molar-refractivity contribution in [3.63, 3.8) is 0 Å². The van der Waals surface area contributed by atoms with Gasteiger partial charge in [-0.25, -0.2) is 4.98 Å². The lowest BCUT2D eigenvalue weighted by Crippen LogP contribution is -1.94. The second-order valence-electron chi connectivity index (χ2n) is 2.52. The van der Waals surface area contributed by atoms with Gasteiger partial charge in [0, 0.05) is 7.97 Å². The fourth-order valence-electron chi connectivity index (χ4n) is 1.10. The number of nitrogens with zero attached hydrogens (tertiary/aromatic N) is 1. The fourth-order valence-corrected chi connectivity index (χ4v) is 2.03. The number of hydrogen-bond donors (Lipinski definition) is 1. The summed E-state index contributed by atoms with van der Waals surface area (Å²) < 4.78 is 1.24. The zero-order valence-corrected chi connectivity index (χ0v) is 7.69. The highest BCUT2D eigenvalue weighted by atomic mass is 32.1. The highest BCUT2D eigenvalue weighted by Gasteiger charge is 1.99. The number of anilines is 1. The molecule has 0 saturated heterocycles. The molecule has 0 saturated carbocycles. The first-order chi connectivity index (χ1) is 5.90. The molecule has 0 unspecified atom stereocenters. The van der Waals surface area contributed by atoms with E-state index >= 15 is 0 Å². The first-order valence-corrected chi connectivity index (χ1v) is 4.81. The van der Waals surface area contributed by atoms with Crippen LogP contribution in [0.25, 0.3) is 10.2 Å². The Morgan fingerprint density at radius 1 is 1.50 bits per heavy atom. The van der Waals surface area contributed by atoms with Crippen LogP contribution in [-0.4, -0.2) is 11.5 Å².